The van der Waals surface area contributed by atoms with Gasteiger partial charge in [0.15, 0.2) is 12.1 Å². The number of rotatable bonds is 7. The van der Waals surface area contributed by atoms with E-state index in [2.05, 4.69) is 6.92 Å². The summed E-state index contributed by atoms with van der Waals surface area (Å²) in [5.74, 6) is -1.49. The summed E-state index contributed by atoms with van der Waals surface area (Å²) in [5, 5.41) is 47.6. The van der Waals surface area contributed by atoms with Crippen LogP contribution < -0.4 is 0 Å². The van der Waals surface area contributed by atoms with Crippen LogP contribution >= 0.6 is 0 Å². The molecule has 0 bridgehead atoms. The number of methoxy groups -OCH3 is 1. The number of Topliss-reactive ketones (excluding diaryl/α,β-unsaturated/α-hetero) is 1. The Morgan fingerprint density at radius 3 is 2.40 bits per heavy atom. The Morgan fingerprint density at radius 2 is 1.78 bits per heavy atom. The van der Waals surface area contributed by atoms with Crippen molar-refractivity contribution in [2.45, 2.75) is 153 Å². The van der Waals surface area contributed by atoms with Crippen LogP contribution in [-0.2, 0) is 28.5 Å². The number of carbonyl (C=O) groups excluding carboxylic acids is 2. The van der Waals surface area contributed by atoms with Crippen molar-refractivity contribution in [1.82, 2.24) is 0 Å². The molecule has 10 heteroatoms. The maximum atomic E-state index is 13.3. The Bertz CT molecular complexity index is 1240. The summed E-state index contributed by atoms with van der Waals surface area (Å²) in [6, 6.07) is 0. The van der Waals surface area contributed by atoms with Crippen LogP contribution in [0, 0.1) is 22.7 Å². The number of hydrogen-bond acceptors (Lipinski definition) is 10. The zero-order chi connectivity index (χ0) is 33.3. The van der Waals surface area contributed by atoms with E-state index in [1.54, 1.807) is 21.0 Å². The third kappa shape index (κ3) is 5.09. The highest BCUT2D eigenvalue weighted by Crippen LogP contribution is 2.71. The van der Waals surface area contributed by atoms with E-state index < -0.39 is 69.9 Å². The quantitative estimate of drug-likeness (QED) is 0.186. The van der Waals surface area contributed by atoms with Crippen LogP contribution in [0.1, 0.15) is 99.8 Å². The fraction of sp³-hybridized carbons (Fsp3) is 0.829. The van der Waals surface area contributed by atoms with Gasteiger partial charge in [-0.1, -0.05) is 38.0 Å². The molecule has 4 fully saturated rings. The second kappa shape index (κ2) is 11.8. The highest BCUT2D eigenvalue weighted by atomic mass is 16.7. The summed E-state index contributed by atoms with van der Waals surface area (Å²) in [5.41, 5.74) is -5.79. The molecule has 1 heterocycles. The van der Waals surface area contributed by atoms with Gasteiger partial charge in [0, 0.05) is 25.5 Å². The number of esters is 1. The molecule has 1 aliphatic heterocycles. The molecule has 4 aliphatic carbocycles. The molecule has 45 heavy (non-hydrogen) atoms. The average molecular weight is 635 g/mol. The minimum Gasteiger partial charge on any atom is -0.458 e. The first-order valence-electron chi connectivity index (χ1n) is 16.7. The van der Waals surface area contributed by atoms with Gasteiger partial charge in [0.05, 0.1) is 23.7 Å². The molecule has 0 aromatic rings. The van der Waals surface area contributed by atoms with Gasteiger partial charge in [0.25, 0.3) is 0 Å². The molecule has 0 radical (unpaired) electrons. The lowest BCUT2D eigenvalue weighted by molar-refractivity contribution is -0.315. The first-order valence-corrected chi connectivity index (χ1v) is 16.7. The molecule has 12 atom stereocenters. The molecule has 0 amide bonds. The minimum atomic E-state index is -1.98. The molecular weight excluding hydrogens is 580 g/mol. The van der Waals surface area contributed by atoms with Crippen molar-refractivity contribution in [2.75, 3.05) is 7.11 Å². The lowest BCUT2D eigenvalue weighted by Crippen LogP contribution is -2.78. The Kier molecular flexibility index (Phi) is 9.08. The van der Waals surface area contributed by atoms with E-state index in [-0.39, 0.29) is 43.8 Å². The molecule has 1 saturated heterocycles. The zero-order valence-corrected chi connectivity index (χ0v) is 28.2. The second-order valence-corrected chi connectivity index (χ2v) is 15.3. The molecule has 5 rings (SSSR count). The molecule has 3 saturated carbocycles. The van der Waals surface area contributed by atoms with Crippen LogP contribution in [0.25, 0.3) is 0 Å². The van der Waals surface area contributed by atoms with Crippen molar-refractivity contribution in [3.05, 3.63) is 23.3 Å². The van der Waals surface area contributed by atoms with Gasteiger partial charge >= 0.3 is 5.97 Å². The molecule has 0 aromatic carbocycles. The van der Waals surface area contributed by atoms with Crippen LogP contribution in [0.4, 0.5) is 0 Å². The van der Waals surface area contributed by atoms with Crippen molar-refractivity contribution in [3.8, 4) is 0 Å². The number of fused-ring (bicyclic) bond motifs is 5. The predicted octanol–water partition coefficient (Wildman–Crippen LogP) is 3.52. The fourth-order valence-electron chi connectivity index (χ4n) is 9.54. The predicted molar refractivity (Wildman–Crippen MR) is 165 cm³/mol. The van der Waals surface area contributed by atoms with Crippen LogP contribution in [0.5, 0.6) is 0 Å². The monoisotopic (exact) mass is 634 g/mol. The first kappa shape index (κ1) is 34.7. The van der Waals surface area contributed by atoms with Gasteiger partial charge < -0.3 is 39.4 Å². The normalized spacial score (nSPS) is 48.2. The van der Waals surface area contributed by atoms with Crippen LogP contribution in [0.2, 0.25) is 0 Å². The smallest absolute Gasteiger partial charge is 0.330 e. The summed E-state index contributed by atoms with van der Waals surface area (Å²) in [6.07, 6.45) is 2.82. The van der Waals surface area contributed by atoms with Gasteiger partial charge in [-0.3, -0.25) is 4.79 Å². The van der Waals surface area contributed by atoms with Gasteiger partial charge in [0.1, 0.15) is 29.0 Å². The lowest BCUT2D eigenvalue weighted by Gasteiger charge is -2.67. The van der Waals surface area contributed by atoms with Crippen LogP contribution in [-0.4, -0.2) is 92.9 Å². The number of allylic oxidation sites excluding steroid dienone is 1. The molecular formula is C35H54O10. The van der Waals surface area contributed by atoms with E-state index >= 15 is 0 Å². The number of ether oxygens (including phenoxy) is 4. The minimum absolute atomic E-state index is 0.00377. The third-order valence-corrected chi connectivity index (χ3v) is 12.9. The van der Waals surface area contributed by atoms with Crippen molar-refractivity contribution in [3.63, 3.8) is 0 Å². The topological polar surface area (TPSA) is 152 Å². The highest BCUT2D eigenvalue weighted by Gasteiger charge is 2.81. The third-order valence-electron chi connectivity index (χ3n) is 12.9. The zero-order valence-electron chi connectivity index (χ0n) is 28.2. The molecule has 254 valence electrons. The van der Waals surface area contributed by atoms with E-state index in [1.165, 1.54) is 13.0 Å². The molecule has 5 aliphatic rings. The number of hydrogen-bond donors (Lipinski definition) is 4. The van der Waals surface area contributed by atoms with Crippen LogP contribution in [0.15, 0.2) is 23.3 Å². The Hall–Kier alpha value is -1.66. The van der Waals surface area contributed by atoms with Gasteiger partial charge in [-0.25, -0.2) is 4.79 Å². The van der Waals surface area contributed by atoms with Gasteiger partial charge in [-0.2, -0.15) is 0 Å². The standard InChI is InChI=1S/C35H54O10/c1-19(2)20(3)15-28(37)45-27-18-26-31(6)11-10-24(44-29-17-25(42-8)30(38)21(4)43-29)16-23(31)9-12-34(26,40)35(41)14-13-33(39,22(5)36)32(27,35)7/h9,15,19,21,24-27,29-30,38-41H,10-14,16-18H2,1-8H3/b20-15+/t21-,24+,25+,26-,27-,29+,30-,31+,32-,33-,34+,35-/m1/s1. The van der Waals surface area contributed by atoms with E-state index in [1.807, 2.05) is 26.8 Å². The maximum absolute atomic E-state index is 13.3. The van der Waals surface area contributed by atoms with Gasteiger partial charge in [0.2, 0.25) is 0 Å². The summed E-state index contributed by atoms with van der Waals surface area (Å²) >= 11 is 0. The van der Waals surface area contributed by atoms with E-state index in [0.717, 1.165) is 11.1 Å². The first-order chi connectivity index (χ1) is 20.9. The Labute approximate surface area is 267 Å². The number of ketones is 1. The molecule has 10 nitrogen and oxygen atoms in total. The van der Waals surface area contributed by atoms with Crippen molar-refractivity contribution >= 4 is 11.8 Å². The van der Waals surface area contributed by atoms with Crippen LogP contribution in [0.3, 0.4) is 0 Å². The van der Waals surface area contributed by atoms with Crippen molar-refractivity contribution in [2.24, 2.45) is 22.7 Å². The highest BCUT2D eigenvalue weighted by molar-refractivity contribution is 5.87. The fourth-order valence-corrected chi connectivity index (χ4v) is 9.54. The van der Waals surface area contributed by atoms with Gasteiger partial charge in [-0.05, 0) is 84.0 Å². The lowest BCUT2D eigenvalue weighted by atomic mass is 9.42. The summed E-state index contributed by atoms with van der Waals surface area (Å²) in [7, 11) is 1.57. The maximum Gasteiger partial charge on any atom is 0.330 e. The number of aliphatic hydroxyl groups is 4. The molecule has 0 aromatic heterocycles. The summed E-state index contributed by atoms with van der Waals surface area (Å²) in [4.78, 5) is 26.3. The van der Waals surface area contributed by atoms with E-state index in [4.69, 9.17) is 18.9 Å². The van der Waals surface area contributed by atoms with E-state index in [0.29, 0.717) is 25.7 Å². The average Bonchev–Trinajstić information content (AvgIpc) is 3.20. The Morgan fingerprint density at radius 1 is 1.09 bits per heavy atom. The molecule has 0 unspecified atom stereocenters. The summed E-state index contributed by atoms with van der Waals surface area (Å²) in [6.45, 7) is 12.6. The van der Waals surface area contributed by atoms with Gasteiger partial charge in [-0.15, -0.1) is 0 Å². The Balaban J connectivity index is 1.46. The molecule has 0 spiro atoms. The largest absolute Gasteiger partial charge is 0.458 e. The van der Waals surface area contributed by atoms with Crippen molar-refractivity contribution < 1.29 is 49.0 Å². The van der Waals surface area contributed by atoms with Crippen molar-refractivity contribution in [1.29, 1.82) is 0 Å². The number of aliphatic hydroxyl groups excluding tert-OH is 1. The number of carbonyl (C=O) groups is 2. The SMILES string of the molecule is CO[C@H]1C[C@H](O[C@H]2CC[C@@]3(C)C(=CC[C@]4(O)[C@@H]3C[C@@H](OC(=O)/C=C(\C)C(C)C)[C@@]3(C)[C@]4(O)CC[C@@]3(O)C(C)=O)C2)O[C@H](C)[C@H]1O. The van der Waals surface area contributed by atoms with E-state index in [9.17, 15) is 30.0 Å². The second-order valence-electron chi connectivity index (χ2n) is 15.3. The molecule has 4 N–H and O–H groups in total. The summed E-state index contributed by atoms with van der Waals surface area (Å²) < 4.78 is 24.0.